The minimum Gasteiger partial charge on any atom is -0.468 e. The summed E-state index contributed by atoms with van der Waals surface area (Å²) in [5, 5.41) is 0. The van der Waals surface area contributed by atoms with E-state index in [2.05, 4.69) is 11.3 Å². The summed E-state index contributed by atoms with van der Waals surface area (Å²) in [7, 11) is 2.87. The number of ether oxygens (including phenoxy) is 1. The molecule has 13 heavy (non-hydrogen) atoms. The number of carbonyl (C=O) groups excluding carboxylic acids is 2. The van der Waals surface area contributed by atoms with Crippen LogP contribution in [-0.2, 0) is 14.3 Å². The largest absolute Gasteiger partial charge is 0.468 e. The van der Waals surface area contributed by atoms with Gasteiger partial charge in [-0.2, -0.15) is 0 Å². The molecule has 0 fully saturated rings. The molecule has 0 aliphatic carbocycles. The molecule has 0 bridgehead atoms. The van der Waals surface area contributed by atoms with E-state index in [1.807, 2.05) is 0 Å². The summed E-state index contributed by atoms with van der Waals surface area (Å²) in [6.45, 7) is 3.51. The zero-order valence-electron chi connectivity index (χ0n) is 8.08. The molecular formula is C9H15NO3. The minimum atomic E-state index is -0.408. The van der Waals surface area contributed by atoms with Crippen LogP contribution >= 0.6 is 0 Å². The highest BCUT2D eigenvalue weighted by Gasteiger charge is 2.11. The molecule has 0 atom stereocenters. The molecule has 74 valence electrons. The second kappa shape index (κ2) is 6.22. The van der Waals surface area contributed by atoms with E-state index in [4.69, 9.17) is 0 Å². The van der Waals surface area contributed by atoms with Gasteiger partial charge in [-0.25, -0.2) is 0 Å². The van der Waals surface area contributed by atoms with E-state index in [1.54, 1.807) is 13.1 Å². The van der Waals surface area contributed by atoms with Crippen molar-refractivity contribution >= 4 is 11.9 Å². The smallest absolute Gasteiger partial charge is 0.325 e. The number of methoxy groups -OCH3 is 1. The lowest BCUT2D eigenvalue weighted by molar-refractivity contribution is -0.146. The third-order valence-electron chi connectivity index (χ3n) is 1.58. The van der Waals surface area contributed by atoms with Gasteiger partial charge in [-0.3, -0.25) is 9.59 Å². The van der Waals surface area contributed by atoms with E-state index < -0.39 is 5.97 Å². The lowest BCUT2D eigenvalue weighted by atomic mass is 10.3. The highest BCUT2D eigenvalue weighted by Crippen LogP contribution is 1.96. The predicted molar refractivity (Wildman–Crippen MR) is 49.1 cm³/mol. The van der Waals surface area contributed by atoms with Gasteiger partial charge in [0, 0.05) is 13.5 Å². The van der Waals surface area contributed by atoms with Crippen molar-refractivity contribution in [2.45, 2.75) is 12.8 Å². The van der Waals surface area contributed by atoms with Crippen LogP contribution in [-0.4, -0.2) is 37.5 Å². The third kappa shape index (κ3) is 5.00. The quantitative estimate of drug-likeness (QED) is 0.465. The Kier molecular flexibility index (Phi) is 5.59. The molecule has 0 aromatic rings. The molecule has 0 aliphatic heterocycles. The fourth-order valence-electron chi connectivity index (χ4n) is 0.763. The number of likely N-dealkylation sites (N-methyl/N-ethyl adjacent to an activating group) is 1. The van der Waals surface area contributed by atoms with E-state index in [-0.39, 0.29) is 12.5 Å². The van der Waals surface area contributed by atoms with E-state index >= 15 is 0 Å². The van der Waals surface area contributed by atoms with Crippen molar-refractivity contribution in [3.05, 3.63) is 12.7 Å². The first-order valence-corrected chi connectivity index (χ1v) is 4.03. The Morgan fingerprint density at radius 2 is 2.15 bits per heavy atom. The molecule has 0 spiro atoms. The van der Waals surface area contributed by atoms with Crippen LogP contribution < -0.4 is 0 Å². The standard InChI is InChI=1S/C9H15NO3/c1-4-5-6-8(11)10(2)7-9(12)13-3/h4H,1,5-7H2,2-3H3. The monoisotopic (exact) mass is 185 g/mol. The maximum absolute atomic E-state index is 11.2. The second-order valence-corrected chi connectivity index (χ2v) is 2.65. The summed E-state index contributed by atoms with van der Waals surface area (Å²) in [5.74, 6) is -0.486. The lowest BCUT2D eigenvalue weighted by Crippen LogP contribution is -2.32. The topological polar surface area (TPSA) is 46.6 Å². The Morgan fingerprint density at radius 1 is 1.54 bits per heavy atom. The molecule has 0 rings (SSSR count). The lowest BCUT2D eigenvalue weighted by Gasteiger charge is -2.14. The zero-order valence-corrected chi connectivity index (χ0v) is 8.08. The average molecular weight is 185 g/mol. The molecule has 0 N–H and O–H groups in total. The molecule has 0 aromatic carbocycles. The van der Waals surface area contributed by atoms with Crippen molar-refractivity contribution in [1.82, 2.24) is 4.90 Å². The van der Waals surface area contributed by atoms with Crippen molar-refractivity contribution in [2.75, 3.05) is 20.7 Å². The predicted octanol–water partition coefficient (Wildman–Crippen LogP) is 0.584. The Bertz CT molecular complexity index is 201. The first-order chi connectivity index (χ1) is 6.11. The number of esters is 1. The molecular weight excluding hydrogens is 170 g/mol. The molecule has 0 aliphatic rings. The molecule has 0 aromatic heterocycles. The first kappa shape index (κ1) is 11.7. The van der Waals surface area contributed by atoms with Crippen LogP contribution in [0.5, 0.6) is 0 Å². The second-order valence-electron chi connectivity index (χ2n) is 2.65. The number of hydrogen-bond donors (Lipinski definition) is 0. The summed E-state index contributed by atoms with van der Waals surface area (Å²) in [6, 6.07) is 0. The van der Waals surface area contributed by atoms with Crippen LogP contribution in [0.15, 0.2) is 12.7 Å². The fraction of sp³-hybridized carbons (Fsp3) is 0.556. The molecule has 0 saturated carbocycles. The molecule has 0 saturated heterocycles. The van der Waals surface area contributed by atoms with Crippen molar-refractivity contribution in [3.63, 3.8) is 0 Å². The van der Waals surface area contributed by atoms with Gasteiger partial charge in [-0.15, -0.1) is 6.58 Å². The first-order valence-electron chi connectivity index (χ1n) is 4.03. The summed E-state index contributed by atoms with van der Waals surface area (Å²) in [5.41, 5.74) is 0. The van der Waals surface area contributed by atoms with Crippen LogP contribution in [0.1, 0.15) is 12.8 Å². The molecule has 4 heteroatoms. The van der Waals surface area contributed by atoms with Crippen LogP contribution in [0.25, 0.3) is 0 Å². The van der Waals surface area contributed by atoms with Gasteiger partial charge in [0.15, 0.2) is 0 Å². The third-order valence-corrected chi connectivity index (χ3v) is 1.58. The number of amides is 1. The van der Waals surface area contributed by atoms with Crippen molar-refractivity contribution < 1.29 is 14.3 Å². The molecule has 0 radical (unpaired) electrons. The maximum atomic E-state index is 11.2. The van der Waals surface area contributed by atoms with Crippen molar-refractivity contribution in [3.8, 4) is 0 Å². The fourth-order valence-corrected chi connectivity index (χ4v) is 0.763. The van der Waals surface area contributed by atoms with Crippen LogP contribution in [0.4, 0.5) is 0 Å². The normalized spacial score (nSPS) is 9.08. The number of hydrogen-bond acceptors (Lipinski definition) is 3. The number of carbonyl (C=O) groups is 2. The van der Waals surface area contributed by atoms with E-state index in [0.717, 1.165) is 0 Å². The highest BCUT2D eigenvalue weighted by molar-refractivity contribution is 5.81. The minimum absolute atomic E-state index is 0.00642. The number of allylic oxidation sites excluding steroid dienone is 1. The number of rotatable bonds is 5. The van der Waals surface area contributed by atoms with Crippen LogP contribution in [0.2, 0.25) is 0 Å². The van der Waals surface area contributed by atoms with E-state index in [9.17, 15) is 9.59 Å². The Hall–Kier alpha value is -1.32. The van der Waals surface area contributed by atoms with Gasteiger partial charge in [0.2, 0.25) is 5.91 Å². The van der Waals surface area contributed by atoms with Crippen molar-refractivity contribution in [2.24, 2.45) is 0 Å². The van der Waals surface area contributed by atoms with Crippen molar-refractivity contribution in [1.29, 1.82) is 0 Å². The van der Waals surface area contributed by atoms with Gasteiger partial charge in [0.1, 0.15) is 6.54 Å². The van der Waals surface area contributed by atoms with E-state index in [1.165, 1.54) is 12.0 Å². The van der Waals surface area contributed by atoms with E-state index in [0.29, 0.717) is 12.8 Å². The molecule has 0 unspecified atom stereocenters. The van der Waals surface area contributed by atoms with Gasteiger partial charge in [-0.1, -0.05) is 6.08 Å². The summed E-state index contributed by atoms with van der Waals surface area (Å²) in [6.07, 6.45) is 2.69. The van der Waals surface area contributed by atoms with Crippen LogP contribution in [0.3, 0.4) is 0 Å². The Balaban J connectivity index is 3.81. The molecule has 4 nitrogen and oxygen atoms in total. The van der Waals surface area contributed by atoms with Gasteiger partial charge in [0.05, 0.1) is 7.11 Å². The maximum Gasteiger partial charge on any atom is 0.325 e. The van der Waals surface area contributed by atoms with Gasteiger partial charge in [-0.05, 0) is 6.42 Å². The van der Waals surface area contributed by atoms with Gasteiger partial charge >= 0.3 is 5.97 Å². The summed E-state index contributed by atoms with van der Waals surface area (Å²) >= 11 is 0. The van der Waals surface area contributed by atoms with Crippen LogP contribution in [0, 0.1) is 0 Å². The Morgan fingerprint density at radius 3 is 2.62 bits per heavy atom. The average Bonchev–Trinajstić information content (AvgIpc) is 2.13. The van der Waals surface area contributed by atoms with Gasteiger partial charge < -0.3 is 9.64 Å². The zero-order chi connectivity index (χ0) is 10.3. The number of nitrogens with zero attached hydrogens (tertiary/aromatic N) is 1. The highest BCUT2D eigenvalue weighted by atomic mass is 16.5. The SMILES string of the molecule is C=CCCC(=O)N(C)CC(=O)OC. The molecule has 1 amide bonds. The Labute approximate surface area is 78.2 Å². The summed E-state index contributed by atoms with van der Waals surface area (Å²) in [4.78, 5) is 23.3. The summed E-state index contributed by atoms with van der Waals surface area (Å²) < 4.78 is 4.42. The molecule has 0 heterocycles. The van der Waals surface area contributed by atoms with Gasteiger partial charge in [0.25, 0.3) is 0 Å².